The van der Waals surface area contributed by atoms with Gasteiger partial charge in [-0.3, -0.25) is 0 Å². The van der Waals surface area contributed by atoms with Gasteiger partial charge in [-0.1, -0.05) is 43.1 Å². The maximum Gasteiger partial charge on any atom is 0.0171 e. The molecular formula is C11H21Br. The number of rotatable bonds is 2. The molecule has 1 aliphatic rings. The first-order chi connectivity index (χ1) is 5.65. The maximum absolute atomic E-state index is 3.79. The van der Waals surface area contributed by atoms with Crippen molar-refractivity contribution in [3.8, 4) is 0 Å². The Kier molecular flexibility index (Phi) is 4.09. The van der Waals surface area contributed by atoms with Gasteiger partial charge >= 0.3 is 0 Å². The third-order valence-corrected chi connectivity index (χ3v) is 4.94. The Hall–Kier alpha value is 0.480. The van der Waals surface area contributed by atoms with Gasteiger partial charge in [-0.25, -0.2) is 0 Å². The third-order valence-electron chi connectivity index (χ3n) is 3.54. The van der Waals surface area contributed by atoms with Gasteiger partial charge in [0.1, 0.15) is 0 Å². The second-order valence-corrected chi connectivity index (χ2v) is 5.63. The summed E-state index contributed by atoms with van der Waals surface area (Å²) < 4.78 is 0. The van der Waals surface area contributed by atoms with Crippen LogP contribution in [0.4, 0.5) is 0 Å². The fraction of sp³-hybridized carbons (Fsp3) is 1.00. The molecule has 1 fully saturated rings. The lowest BCUT2D eigenvalue weighted by Gasteiger charge is -2.34. The smallest absolute Gasteiger partial charge is 0.0171 e. The summed E-state index contributed by atoms with van der Waals surface area (Å²) in [5.74, 6) is 2.84. The van der Waals surface area contributed by atoms with Crippen LogP contribution in [0.5, 0.6) is 0 Å². The Morgan fingerprint density at radius 2 is 1.92 bits per heavy atom. The van der Waals surface area contributed by atoms with Crippen LogP contribution in [0, 0.1) is 17.8 Å². The van der Waals surface area contributed by atoms with Crippen LogP contribution in [-0.2, 0) is 0 Å². The second kappa shape index (κ2) is 4.64. The quantitative estimate of drug-likeness (QED) is 0.626. The van der Waals surface area contributed by atoms with E-state index in [1.807, 2.05) is 0 Å². The van der Waals surface area contributed by atoms with Crippen LogP contribution in [0.2, 0.25) is 0 Å². The van der Waals surface area contributed by atoms with Crippen molar-refractivity contribution in [1.29, 1.82) is 0 Å². The Labute approximate surface area is 85.3 Å². The van der Waals surface area contributed by atoms with Crippen LogP contribution in [0.3, 0.4) is 0 Å². The van der Waals surface area contributed by atoms with Crippen LogP contribution in [0.15, 0.2) is 0 Å². The first-order valence-electron chi connectivity index (χ1n) is 5.29. The SMILES string of the molecule is CCC(Br)C1CCC(C)C(C)C1. The monoisotopic (exact) mass is 232 g/mol. The number of hydrogen-bond donors (Lipinski definition) is 0. The van der Waals surface area contributed by atoms with Crippen molar-refractivity contribution in [1.82, 2.24) is 0 Å². The highest BCUT2D eigenvalue weighted by molar-refractivity contribution is 9.09. The first-order valence-corrected chi connectivity index (χ1v) is 6.20. The van der Waals surface area contributed by atoms with Gasteiger partial charge in [0, 0.05) is 4.83 Å². The van der Waals surface area contributed by atoms with Crippen LogP contribution in [0.1, 0.15) is 46.5 Å². The lowest BCUT2D eigenvalue weighted by molar-refractivity contribution is 0.205. The van der Waals surface area contributed by atoms with Crippen LogP contribution in [-0.4, -0.2) is 4.83 Å². The molecule has 72 valence electrons. The second-order valence-electron chi connectivity index (χ2n) is 4.45. The van der Waals surface area contributed by atoms with E-state index in [0.29, 0.717) is 0 Å². The Morgan fingerprint density at radius 3 is 2.42 bits per heavy atom. The van der Waals surface area contributed by atoms with E-state index in [0.717, 1.165) is 22.6 Å². The van der Waals surface area contributed by atoms with E-state index in [1.165, 1.54) is 25.7 Å². The molecule has 0 bridgehead atoms. The zero-order valence-corrected chi connectivity index (χ0v) is 10.1. The zero-order chi connectivity index (χ0) is 9.14. The third kappa shape index (κ3) is 2.48. The normalized spacial score (nSPS) is 39.5. The van der Waals surface area contributed by atoms with Gasteiger partial charge in [0.25, 0.3) is 0 Å². The van der Waals surface area contributed by atoms with Crippen molar-refractivity contribution in [2.24, 2.45) is 17.8 Å². The average molecular weight is 233 g/mol. The minimum Gasteiger partial charge on any atom is -0.0888 e. The van der Waals surface area contributed by atoms with E-state index >= 15 is 0 Å². The van der Waals surface area contributed by atoms with Crippen molar-refractivity contribution < 1.29 is 0 Å². The fourth-order valence-corrected chi connectivity index (χ4v) is 2.73. The van der Waals surface area contributed by atoms with Crippen molar-refractivity contribution in [2.75, 3.05) is 0 Å². The Balaban J connectivity index is 2.39. The summed E-state index contributed by atoms with van der Waals surface area (Å²) in [6.45, 7) is 7.09. The average Bonchev–Trinajstić information content (AvgIpc) is 2.08. The predicted molar refractivity (Wildman–Crippen MR) is 58.7 cm³/mol. The molecule has 0 radical (unpaired) electrons. The van der Waals surface area contributed by atoms with Crippen LogP contribution >= 0.6 is 15.9 Å². The van der Waals surface area contributed by atoms with Gasteiger partial charge in [0.05, 0.1) is 0 Å². The molecule has 4 atom stereocenters. The number of hydrogen-bond acceptors (Lipinski definition) is 0. The first kappa shape index (κ1) is 10.6. The lowest BCUT2D eigenvalue weighted by Crippen LogP contribution is -2.26. The maximum atomic E-state index is 3.79. The standard InChI is InChI=1S/C11H21Br/c1-4-11(12)10-6-5-8(2)9(3)7-10/h8-11H,4-7H2,1-3H3. The van der Waals surface area contributed by atoms with Crippen LogP contribution < -0.4 is 0 Å². The molecule has 4 unspecified atom stereocenters. The molecule has 12 heavy (non-hydrogen) atoms. The van der Waals surface area contributed by atoms with Crippen molar-refractivity contribution >= 4 is 15.9 Å². The van der Waals surface area contributed by atoms with Crippen molar-refractivity contribution in [3.63, 3.8) is 0 Å². The van der Waals surface area contributed by atoms with Gasteiger partial charge < -0.3 is 0 Å². The molecule has 1 rings (SSSR count). The largest absolute Gasteiger partial charge is 0.0888 e. The Morgan fingerprint density at radius 1 is 1.25 bits per heavy atom. The molecule has 0 heterocycles. The lowest BCUT2D eigenvalue weighted by atomic mass is 9.74. The summed E-state index contributed by atoms with van der Waals surface area (Å²) in [5.41, 5.74) is 0. The van der Waals surface area contributed by atoms with E-state index in [-0.39, 0.29) is 0 Å². The van der Waals surface area contributed by atoms with E-state index in [1.54, 1.807) is 0 Å². The summed E-state index contributed by atoms with van der Waals surface area (Å²) in [6, 6.07) is 0. The molecule has 0 amide bonds. The molecule has 0 nitrogen and oxygen atoms in total. The van der Waals surface area contributed by atoms with Gasteiger partial charge in [-0.2, -0.15) is 0 Å². The molecule has 0 aromatic heterocycles. The summed E-state index contributed by atoms with van der Waals surface area (Å²) >= 11 is 3.79. The van der Waals surface area contributed by atoms with Crippen molar-refractivity contribution in [3.05, 3.63) is 0 Å². The summed E-state index contributed by atoms with van der Waals surface area (Å²) in [5, 5.41) is 0. The fourth-order valence-electron chi connectivity index (χ4n) is 2.25. The molecule has 1 heteroatoms. The van der Waals surface area contributed by atoms with E-state index < -0.39 is 0 Å². The minimum atomic E-state index is 0.771. The summed E-state index contributed by atoms with van der Waals surface area (Å²) in [7, 11) is 0. The topological polar surface area (TPSA) is 0 Å². The Bertz CT molecular complexity index is 133. The summed E-state index contributed by atoms with van der Waals surface area (Å²) in [6.07, 6.45) is 5.60. The number of halogens is 1. The van der Waals surface area contributed by atoms with Gasteiger partial charge in [0.2, 0.25) is 0 Å². The molecule has 0 aromatic carbocycles. The van der Waals surface area contributed by atoms with Gasteiger partial charge in [-0.15, -0.1) is 0 Å². The van der Waals surface area contributed by atoms with Crippen LogP contribution in [0.25, 0.3) is 0 Å². The highest BCUT2D eigenvalue weighted by Crippen LogP contribution is 2.37. The minimum absolute atomic E-state index is 0.771. The van der Waals surface area contributed by atoms with Gasteiger partial charge in [-0.05, 0) is 37.0 Å². The molecule has 0 saturated heterocycles. The highest BCUT2D eigenvalue weighted by Gasteiger charge is 2.27. The summed E-state index contributed by atoms with van der Waals surface area (Å²) in [4.78, 5) is 0.771. The van der Waals surface area contributed by atoms with E-state index in [4.69, 9.17) is 0 Å². The molecule has 0 aromatic rings. The molecule has 1 aliphatic carbocycles. The highest BCUT2D eigenvalue weighted by atomic mass is 79.9. The molecule has 0 N–H and O–H groups in total. The molecule has 0 spiro atoms. The molecular weight excluding hydrogens is 212 g/mol. The molecule has 1 saturated carbocycles. The van der Waals surface area contributed by atoms with E-state index in [9.17, 15) is 0 Å². The predicted octanol–water partition coefficient (Wildman–Crippen LogP) is 4.23. The van der Waals surface area contributed by atoms with Crippen molar-refractivity contribution in [2.45, 2.75) is 51.3 Å². The van der Waals surface area contributed by atoms with E-state index in [2.05, 4.69) is 36.7 Å². The zero-order valence-electron chi connectivity index (χ0n) is 8.52. The molecule has 0 aliphatic heterocycles. The number of alkyl halides is 1. The van der Waals surface area contributed by atoms with Gasteiger partial charge in [0.15, 0.2) is 0 Å².